The molecule has 0 saturated carbocycles. The van der Waals surface area contributed by atoms with Crippen LogP contribution in [0, 0.1) is 0 Å². The van der Waals surface area contributed by atoms with E-state index in [1.165, 1.54) is 0 Å². The first-order valence-corrected chi connectivity index (χ1v) is 6.13. The standard InChI is InChI=1S/C15H15N3O2/c1-20-14-4-2-12(3-5-14)10-15(19)18-17-11-13-6-8-16-9-7-13/h2-9,11H,10H2,1H3,(H,18,19)/b17-11+. The quantitative estimate of drug-likeness (QED) is 0.664. The minimum atomic E-state index is -0.166. The molecule has 5 heteroatoms. The van der Waals surface area contributed by atoms with Gasteiger partial charge in [-0.25, -0.2) is 5.43 Å². The van der Waals surface area contributed by atoms with E-state index in [0.29, 0.717) is 0 Å². The molecular weight excluding hydrogens is 254 g/mol. The van der Waals surface area contributed by atoms with E-state index in [1.807, 2.05) is 24.3 Å². The third-order valence-corrected chi connectivity index (χ3v) is 2.63. The van der Waals surface area contributed by atoms with Crippen molar-refractivity contribution in [2.45, 2.75) is 6.42 Å². The van der Waals surface area contributed by atoms with Gasteiger partial charge in [0.05, 0.1) is 19.7 Å². The van der Waals surface area contributed by atoms with Gasteiger partial charge in [0, 0.05) is 12.4 Å². The van der Waals surface area contributed by atoms with E-state index in [4.69, 9.17) is 4.74 Å². The minimum absolute atomic E-state index is 0.166. The van der Waals surface area contributed by atoms with Gasteiger partial charge in [0.2, 0.25) is 5.91 Å². The van der Waals surface area contributed by atoms with Gasteiger partial charge >= 0.3 is 0 Å². The Kier molecular flexibility index (Phi) is 4.83. The molecule has 0 unspecified atom stereocenters. The average molecular weight is 269 g/mol. The number of pyridine rings is 1. The number of nitrogens with zero attached hydrogens (tertiary/aromatic N) is 2. The van der Waals surface area contributed by atoms with Crippen molar-refractivity contribution in [2.75, 3.05) is 7.11 Å². The lowest BCUT2D eigenvalue weighted by atomic mass is 10.1. The van der Waals surface area contributed by atoms with E-state index in [0.717, 1.165) is 16.9 Å². The van der Waals surface area contributed by atoms with Crippen LogP contribution in [0.25, 0.3) is 0 Å². The predicted molar refractivity (Wildman–Crippen MR) is 76.7 cm³/mol. The second-order valence-corrected chi connectivity index (χ2v) is 4.10. The number of hydrogen-bond donors (Lipinski definition) is 1. The first-order chi connectivity index (χ1) is 9.78. The van der Waals surface area contributed by atoms with E-state index >= 15 is 0 Å². The minimum Gasteiger partial charge on any atom is -0.497 e. The van der Waals surface area contributed by atoms with Crippen LogP contribution in [0.3, 0.4) is 0 Å². The number of carbonyl (C=O) groups excluding carboxylic acids is 1. The Morgan fingerprint density at radius 1 is 1.25 bits per heavy atom. The predicted octanol–water partition coefficient (Wildman–Crippen LogP) is 1.78. The molecule has 2 rings (SSSR count). The van der Waals surface area contributed by atoms with Gasteiger partial charge in [0.25, 0.3) is 0 Å². The third-order valence-electron chi connectivity index (χ3n) is 2.63. The lowest BCUT2D eigenvalue weighted by Crippen LogP contribution is -2.19. The topological polar surface area (TPSA) is 63.6 Å². The molecule has 1 N–H and O–H groups in total. The van der Waals surface area contributed by atoms with Gasteiger partial charge in [-0.2, -0.15) is 5.10 Å². The summed E-state index contributed by atoms with van der Waals surface area (Å²) in [6.07, 6.45) is 5.19. The first-order valence-electron chi connectivity index (χ1n) is 6.13. The molecule has 2 aromatic rings. The molecule has 102 valence electrons. The first kappa shape index (κ1) is 13.7. The van der Waals surface area contributed by atoms with Crippen molar-refractivity contribution in [3.8, 4) is 5.75 Å². The lowest BCUT2D eigenvalue weighted by molar-refractivity contribution is -0.120. The molecular formula is C15H15N3O2. The van der Waals surface area contributed by atoms with E-state index in [-0.39, 0.29) is 12.3 Å². The summed E-state index contributed by atoms with van der Waals surface area (Å²) in [5, 5.41) is 3.89. The summed E-state index contributed by atoms with van der Waals surface area (Å²) >= 11 is 0. The summed E-state index contributed by atoms with van der Waals surface area (Å²) in [6.45, 7) is 0. The van der Waals surface area contributed by atoms with Crippen LogP contribution < -0.4 is 10.2 Å². The smallest absolute Gasteiger partial charge is 0.244 e. The highest BCUT2D eigenvalue weighted by Gasteiger charge is 2.02. The van der Waals surface area contributed by atoms with E-state index < -0.39 is 0 Å². The number of amides is 1. The Balaban J connectivity index is 1.84. The van der Waals surface area contributed by atoms with E-state index in [9.17, 15) is 4.79 Å². The normalized spacial score (nSPS) is 10.4. The summed E-state index contributed by atoms with van der Waals surface area (Å²) < 4.78 is 5.06. The molecule has 0 bridgehead atoms. The number of carbonyl (C=O) groups is 1. The fourth-order valence-corrected chi connectivity index (χ4v) is 1.60. The van der Waals surface area contributed by atoms with Crippen molar-refractivity contribution >= 4 is 12.1 Å². The highest BCUT2D eigenvalue weighted by atomic mass is 16.5. The van der Waals surface area contributed by atoms with Crippen molar-refractivity contribution in [1.29, 1.82) is 0 Å². The maximum Gasteiger partial charge on any atom is 0.244 e. The Bertz CT molecular complexity index is 580. The fraction of sp³-hybridized carbons (Fsp3) is 0.133. The highest BCUT2D eigenvalue weighted by molar-refractivity contribution is 5.83. The van der Waals surface area contributed by atoms with Crippen molar-refractivity contribution in [2.24, 2.45) is 5.10 Å². The molecule has 5 nitrogen and oxygen atoms in total. The highest BCUT2D eigenvalue weighted by Crippen LogP contribution is 2.11. The number of aromatic nitrogens is 1. The molecule has 1 aromatic carbocycles. The maximum absolute atomic E-state index is 11.7. The van der Waals surface area contributed by atoms with Gasteiger partial charge in [-0.05, 0) is 35.4 Å². The second-order valence-electron chi connectivity index (χ2n) is 4.10. The zero-order valence-corrected chi connectivity index (χ0v) is 11.1. The van der Waals surface area contributed by atoms with Crippen LogP contribution in [0.15, 0.2) is 53.9 Å². The summed E-state index contributed by atoms with van der Waals surface area (Å²) in [7, 11) is 1.61. The molecule has 1 aromatic heterocycles. The van der Waals surface area contributed by atoms with Crippen LogP contribution in [0.5, 0.6) is 5.75 Å². The molecule has 0 aliphatic rings. The molecule has 0 atom stereocenters. The summed E-state index contributed by atoms with van der Waals surface area (Å²) in [6, 6.07) is 11.0. The maximum atomic E-state index is 11.7. The van der Waals surface area contributed by atoms with Gasteiger partial charge in [0.1, 0.15) is 5.75 Å². The van der Waals surface area contributed by atoms with Crippen molar-refractivity contribution in [3.05, 3.63) is 59.9 Å². The largest absolute Gasteiger partial charge is 0.497 e. The third kappa shape index (κ3) is 4.20. The summed E-state index contributed by atoms with van der Waals surface area (Å²) in [4.78, 5) is 15.6. The summed E-state index contributed by atoms with van der Waals surface area (Å²) in [5.41, 5.74) is 4.27. The molecule has 0 aliphatic carbocycles. The van der Waals surface area contributed by atoms with Gasteiger partial charge in [0.15, 0.2) is 0 Å². The Morgan fingerprint density at radius 2 is 1.95 bits per heavy atom. The number of ether oxygens (including phenoxy) is 1. The Hall–Kier alpha value is -2.69. The Labute approximate surface area is 117 Å². The fourth-order valence-electron chi connectivity index (χ4n) is 1.60. The van der Waals surface area contributed by atoms with Crippen LogP contribution >= 0.6 is 0 Å². The Morgan fingerprint density at radius 3 is 2.60 bits per heavy atom. The summed E-state index contributed by atoms with van der Waals surface area (Å²) in [5.74, 6) is 0.602. The number of rotatable bonds is 5. The number of hydrazone groups is 1. The molecule has 1 heterocycles. The number of methoxy groups -OCH3 is 1. The zero-order chi connectivity index (χ0) is 14.2. The van der Waals surface area contributed by atoms with Gasteiger partial charge in [-0.15, -0.1) is 0 Å². The molecule has 20 heavy (non-hydrogen) atoms. The monoisotopic (exact) mass is 269 g/mol. The van der Waals surface area contributed by atoms with Crippen LogP contribution in [-0.2, 0) is 11.2 Å². The molecule has 0 aliphatic heterocycles. The lowest BCUT2D eigenvalue weighted by Gasteiger charge is -2.02. The van der Waals surface area contributed by atoms with Crippen molar-refractivity contribution < 1.29 is 9.53 Å². The van der Waals surface area contributed by atoms with Crippen LogP contribution in [-0.4, -0.2) is 24.2 Å². The van der Waals surface area contributed by atoms with Gasteiger partial charge in [-0.1, -0.05) is 12.1 Å². The molecule has 0 spiro atoms. The van der Waals surface area contributed by atoms with E-state index in [2.05, 4.69) is 15.5 Å². The van der Waals surface area contributed by atoms with Crippen LogP contribution in [0.2, 0.25) is 0 Å². The molecule has 0 saturated heterocycles. The SMILES string of the molecule is COc1ccc(CC(=O)N/N=C/c2ccncc2)cc1. The number of nitrogens with one attached hydrogen (secondary N) is 1. The van der Waals surface area contributed by atoms with Gasteiger partial charge < -0.3 is 4.74 Å². The second kappa shape index (κ2) is 7.04. The molecule has 1 amide bonds. The van der Waals surface area contributed by atoms with Crippen LogP contribution in [0.4, 0.5) is 0 Å². The number of benzene rings is 1. The zero-order valence-electron chi connectivity index (χ0n) is 11.1. The van der Waals surface area contributed by atoms with E-state index in [1.54, 1.807) is 37.9 Å². The van der Waals surface area contributed by atoms with Crippen LogP contribution in [0.1, 0.15) is 11.1 Å². The number of hydrogen-bond acceptors (Lipinski definition) is 4. The van der Waals surface area contributed by atoms with Crippen molar-refractivity contribution in [1.82, 2.24) is 10.4 Å². The average Bonchev–Trinajstić information content (AvgIpc) is 2.49. The van der Waals surface area contributed by atoms with Gasteiger partial charge in [-0.3, -0.25) is 9.78 Å². The molecule has 0 fully saturated rings. The van der Waals surface area contributed by atoms with Crippen molar-refractivity contribution in [3.63, 3.8) is 0 Å². The molecule has 0 radical (unpaired) electrons.